The highest BCUT2D eigenvalue weighted by Gasteiger charge is 2.42. The van der Waals surface area contributed by atoms with Crippen LogP contribution in [0.2, 0.25) is 0 Å². The van der Waals surface area contributed by atoms with Gasteiger partial charge in [0.05, 0.1) is 19.1 Å². The Balaban J connectivity index is 1.52. The number of fused-ring (bicyclic) bond motifs is 1. The smallest absolute Gasteiger partial charge is 0.254 e. The summed E-state index contributed by atoms with van der Waals surface area (Å²) in [7, 11) is 3.39. The second kappa shape index (κ2) is 11.3. The molecule has 1 N–H and O–H groups in total. The third kappa shape index (κ3) is 5.23. The van der Waals surface area contributed by atoms with E-state index in [0.717, 1.165) is 36.4 Å². The summed E-state index contributed by atoms with van der Waals surface area (Å²) in [5, 5.41) is 3.17. The number of rotatable bonds is 9. The molecule has 0 spiro atoms. The Hall–Kier alpha value is -3.80. The minimum Gasteiger partial charge on any atom is -0.497 e. The molecule has 1 aliphatic rings. The fraction of sp³-hybridized carbons (Fsp3) is 0.333. The molecule has 0 saturated carbocycles. The average molecular weight is 486 g/mol. The first kappa shape index (κ1) is 25.3. The summed E-state index contributed by atoms with van der Waals surface area (Å²) in [6.45, 7) is 6.56. The summed E-state index contributed by atoms with van der Waals surface area (Å²) in [5.74, 6) is 0.0869. The number of amides is 2. The number of nitrogens with zero attached hydrogens (tertiary/aromatic N) is 2. The number of methoxy groups -OCH3 is 1. The van der Waals surface area contributed by atoms with Crippen LogP contribution >= 0.6 is 0 Å². The van der Waals surface area contributed by atoms with Gasteiger partial charge in [0.1, 0.15) is 5.75 Å². The molecular weight excluding hydrogens is 450 g/mol. The van der Waals surface area contributed by atoms with Crippen molar-refractivity contribution in [3.8, 4) is 5.75 Å². The molecule has 4 rings (SSSR count). The Kier molecular flexibility index (Phi) is 7.93. The lowest BCUT2D eigenvalue weighted by Gasteiger charge is -2.39. The molecule has 0 fully saturated rings. The van der Waals surface area contributed by atoms with Crippen LogP contribution in [0.4, 0.5) is 5.69 Å². The molecule has 6 nitrogen and oxygen atoms in total. The van der Waals surface area contributed by atoms with Crippen LogP contribution in [0.1, 0.15) is 52.4 Å². The number of carbonyl (C=O) groups is 2. The quantitative estimate of drug-likeness (QED) is 0.436. The normalized spacial score (nSPS) is 16.9. The van der Waals surface area contributed by atoms with E-state index in [4.69, 9.17) is 4.74 Å². The van der Waals surface area contributed by atoms with Gasteiger partial charge in [-0.3, -0.25) is 9.59 Å². The monoisotopic (exact) mass is 485 g/mol. The van der Waals surface area contributed by atoms with Gasteiger partial charge in [-0.15, -0.1) is 0 Å². The molecule has 6 heteroatoms. The number of aryl methyl sites for hydroxylation is 1. The first-order chi connectivity index (χ1) is 17.4. The van der Waals surface area contributed by atoms with Gasteiger partial charge in [0, 0.05) is 37.9 Å². The highest BCUT2D eigenvalue weighted by atomic mass is 16.5. The molecule has 0 saturated heterocycles. The van der Waals surface area contributed by atoms with Crippen molar-refractivity contribution in [3.63, 3.8) is 0 Å². The molecular formula is C30H35N3O3. The maximum atomic E-state index is 13.7. The Labute approximate surface area is 213 Å². The Morgan fingerprint density at radius 2 is 1.81 bits per heavy atom. The highest BCUT2D eigenvalue weighted by Crippen LogP contribution is 2.42. The first-order valence-corrected chi connectivity index (χ1v) is 12.5. The number of benzene rings is 3. The van der Waals surface area contributed by atoms with Crippen molar-refractivity contribution in [3.05, 3.63) is 95.1 Å². The van der Waals surface area contributed by atoms with E-state index >= 15 is 0 Å². The topological polar surface area (TPSA) is 61.9 Å². The predicted molar refractivity (Wildman–Crippen MR) is 144 cm³/mol. The molecule has 1 heterocycles. The molecule has 0 aromatic heterocycles. The van der Waals surface area contributed by atoms with Gasteiger partial charge in [0.2, 0.25) is 5.91 Å². The van der Waals surface area contributed by atoms with Gasteiger partial charge >= 0.3 is 0 Å². The summed E-state index contributed by atoms with van der Waals surface area (Å²) >= 11 is 0. The molecule has 0 aliphatic carbocycles. The summed E-state index contributed by atoms with van der Waals surface area (Å²) in [6.07, 6.45) is 0.823. The van der Waals surface area contributed by atoms with Crippen LogP contribution < -0.4 is 15.0 Å². The van der Waals surface area contributed by atoms with Gasteiger partial charge in [0.25, 0.3) is 5.91 Å². The van der Waals surface area contributed by atoms with Gasteiger partial charge in [-0.25, -0.2) is 0 Å². The zero-order chi connectivity index (χ0) is 25.7. The maximum absolute atomic E-state index is 13.7. The molecule has 3 aromatic rings. The predicted octanol–water partition coefficient (Wildman–Crippen LogP) is 4.95. The molecule has 2 atom stereocenters. The van der Waals surface area contributed by atoms with E-state index in [9.17, 15) is 9.59 Å². The van der Waals surface area contributed by atoms with Gasteiger partial charge in [-0.1, -0.05) is 42.5 Å². The van der Waals surface area contributed by atoms with Crippen LogP contribution in [-0.2, 0) is 4.79 Å². The number of likely N-dealkylation sites (N-methyl/N-ethyl adjacent to an activating group) is 1. The molecule has 188 valence electrons. The second-order valence-electron chi connectivity index (χ2n) is 9.26. The highest BCUT2D eigenvalue weighted by molar-refractivity contribution is 6.01. The molecule has 0 bridgehead atoms. The van der Waals surface area contributed by atoms with Crippen molar-refractivity contribution in [2.24, 2.45) is 0 Å². The number of ether oxygens (including phenoxy) is 1. The molecule has 1 aliphatic heterocycles. The minimum absolute atomic E-state index is 0.0683. The summed E-state index contributed by atoms with van der Waals surface area (Å²) in [5.41, 5.74) is 4.69. The van der Waals surface area contributed by atoms with E-state index in [1.54, 1.807) is 25.1 Å². The lowest BCUT2D eigenvalue weighted by atomic mass is 9.79. The van der Waals surface area contributed by atoms with E-state index < -0.39 is 12.0 Å². The van der Waals surface area contributed by atoms with Gasteiger partial charge < -0.3 is 19.9 Å². The standard InChI is InChI=1S/C30H35N3O3/c1-5-33(23-11-8-10-21(2)20-23)19-9-18-31-29(34)27-25-12-6-7-13-26(25)30(35)32(3)28(27)22-14-16-24(36-4)17-15-22/h6-8,10-17,20,27-28H,5,9,18-19H2,1-4H3,(H,31,34)/t27-,28-/m1/s1. The van der Waals surface area contributed by atoms with E-state index in [-0.39, 0.29) is 11.8 Å². The van der Waals surface area contributed by atoms with Crippen LogP contribution in [-0.4, -0.2) is 50.5 Å². The third-order valence-corrected chi connectivity index (χ3v) is 6.97. The fourth-order valence-corrected chi connectivity index (χ4v) is 5.06. The summed E-state index contributed by atoms with van der Waals surface area (Å²) < 4.78 is 5.30. The average Bonchev–Trinajstić information content (AvgIpc) is 2.90. The Morgan fingerprint density at radius 3 is 2.50 bits per heavy atom. The van der Waals surface area contributed by atoms with Gasteiger partial charge in [-0.05, 0) is 67.3 Å². The van der Waals surface area contributed by atoms with Crippen molar-refractivity contribution in [1.29, 1.82) is 0 Å². The van der Waals surface area contributed by atoms with E-state index in [2.05, 4.69) is 48.3 Å². The lowest BCUT2D eigenvalue weighted by Crippen LogP contribution is -2.46. The van der Waals surface area contributed by atoms with Crippen LogP contribution in [0.5, 0.6) is 5.75 Å². The van der Waals surface area contributed by atoms with E-state index in [0.29, 0.717) is 12.1 Å². The molecule has 3 aromatic carbocycles. The number of hydrogen-bond donors (Lipinski definition) is 1. The van der Waals surface area contributed by atoms with E-state index in [1.807, 2.05) is 42.5 Å². The second-order valence-corrected chi connectivity index (χ2v) is 9.26. The first-order valence-electron chi connectivity index (χ1n) is 12.5. The fourth-order valence-electron chi connectivity index (χ4n) is 5.06. The summed E-state index contributed by atoms with van der Waals surface area (Å²) in [6, 6.07) is 23.1. The van der Waals surface area contributed by atoms with Crippen molar-refractivity contribution in [2.75, 3.05) is 38.7 Å². The van der Waals surface area contributed by atoms with Crippen LogP contribution in [0.15, 0.2) is 72.8 Å². The minimum atomic E-state index is -0.503. The van der Waals surface area contributed by atoms with Crippen LogP contribution in [0.25, 0.3) is 0 Å². The van der Waals surface area contributed by atoms with Gasteiger partial charge in [-0.2, -0.15) is 0 Å². The number of anilines is 1. The Bertz CT molecular complexity index is 1210. The SMILES string of the molecule is CCN(CCCNC(=O)[C@@H]1c2ccccc2C(=O)N(C)[C@@H]1c1ccc(OC)cc1)c1cccc(C)c1. The van der Waals surface area contributed by atoms with Crippen molar-refractivity contribution < 1.29 is 14.3 Å². The molecule has 2 amide bonds. The lowest BCUT2D eigenvalue weighted by molar-refractivity contribution is -0.124. The van der Waals surface area contributed by atoms with Crippen molar-refractivity contribution in [1.82, 2.24) is 10.2 Å². The van der Waals surface area contributed by atoms with Crippen molar-refractivity contribution in [2.45, 2.75) is 32.2 Å². The zero-order valence-corrected chi connectivity index (χ0v) is 21.5. The number of carbonyl (C=O) groups excluding carboxylic acids is 2. The summed E-state index contributed by atoms with van der Waals surface area (Å²) in [4.78, 5) is 30.9. The molecule has 36 heavy (non-hydrogen) atoms. The molecule has 0 radical (unpaired) electrons. The van der Waals surface area contributed by atoms with Crippen LogP contribution in [0.3, 0.4) is 0 Å². The Morgan fingerprint density at radius 1 is 1.06 bits per heavy atom. The number of nitrogens with one attached hydrogen (secondary N) is 1. The maximum Gasteiger partial charge on any atom is 0.254 e. The van der Waals surface area contributed by atoms with Gasteiger partial charge in [0.15, 0.2) is 0 Å². The zero-order valence-electron chi connectivity index (χ0n) is 21.5. The largest absolute Gasteiger partial charge is 0.497 e. The van der Waals surface area contributed by atoms with E-state index in [1.165, 1.54) is 11.3 Å². The third-order valence-electron chi connectivity index (χ3n) is 6.97. The molecule has 0 unspecified atom stereocenters. The number of hydrogen-bond acceptors (Lipinski definition) is 4. The van der Waals surface area contributed by atoms with Crippen LogP contribution in [0, 0.1) is 6.92 Å². The van der Waals surface area contributed by atoms with Crippen molar-refractivity contribution >= 4 is 17.5 Å².